The number of nitrogens with zero attached hydrogens (tertiary/aromatic N) is 3. The summed E-state index contributed by atoms with van der Waals surface area (Å²) in [6, 6.07) is 5.70. The molecule has 2 heterocycles. The van der Waals surface area contributed by atoms with E-state index in [1.165, 1.54) is 4.90 Å². The van der Waals surface area contributed by atoms with E-state index in [1.807, 2.05) is 0 Å². The summed E-state index contributed by atoms with van der Waals surface area (Å²) in [7, 11) is 0. The van der Waals surface area contributed by atoms with Crippen LogP contribution in [0, 0.1) is 11.6 Å². The Balaban J connectivity index is 0.00000306. The SMILES string of the molecule is Cl.O=C(c1ccc(C(F)(F)F)cc1)N(CCN1CCOCC1)c1nc2c(F)cc(F)cc2s1. The quantitative estimate of drug-likeness (QED) is 0.456. The van der Waals surface area contributed by atoms with E-state index >= 15 is 0 Å². The van der Waals surface area contributed by atoms with Crippen molar-refractivity contribution in [2.24, 2.45) is 0 Å². The highest BCUT2D eigenvalue weighted by atomic mass is 35.5. The Morgan fingerprint density at radius 3 is 2.42 bits per heavy atom. The average Bonchev–Trinajstić information content (AvgIpc) is 3.18. The molecular weight excluding hydrogens is 489 g/mol. The fourth-order valence-electron chi connectivity index (χ4n) is 3.37. The van der Waals surface area contributed by atoms with Gasteiger partial charge in [-0.15, -0.1) is 12.4 Å². The number of benzene rings is 2. The van der Waals surface area contributed by atoms with Gasteiger partial charge in [-0.05, 0) is 30.3 Å². The monoisotopic (exact) mass is 507 g/mol. The number of alkyl halides is 3. The van der Waals surface area contributed by atoms with Gasteiger partial charge in [0, 0.05) is 37.8 Å². The Labute approximate surface area is 196 Å². The summed E-state index contributed by atoms with van der Waals surface area (Å²) in [5, 5.41) is 0.141. The Morgan fingerprint density at radius 2 is 1.79 bits per heavy atom. The van der Waals surface area contributed by atoms with Gasteiger partial charge >= 0.3 is 6.18 Å². The summed E-state index contributed by atoms with van der Waals surface area (Å²) in [6.45, 7) is 3.08. The van der Waals surface area contributed by atoms with E-state index in [0.717, 1.165) is 41.7 Å². The first kappa shape index (κ1) is 25.3. The van der Waals surface area contributed by atoms with Crippen LogP contribution in [-0.4, -0.2) is 55.2 Å². The number of rotatable bonds is 5. The number of thiazole rings is 1. The minimum atomic E-state index is -4.52. The van der Waals surface area contributed by atoms with Gasteiger partial charge in [-0.1, -0.05) is 11.3 Å². The molecule has 3 aromatic rings. The summed E-state index contributed by atoms with van der Waals surface area (Å²) in [5.74, 6) is -2.19. The highest BCUT2D eigenvalue weighted by Crippen LogP contribution is 2.33. The number of hydrogen-bond donors (Lipinski definition) is 0. The first-order valence-electron chi connectivity index (χ1n) is 9.77. The third kappa shape index (κ3) is 5.78. The van der Waals surface area contributed by atoms with Gasteiger partial charge in [0.2, 0.25) is 0 Å². The zero-order valence-electron chi connectivity index (χ0n) is 17.1. The molecule has 5 nitrogen and oxygen atoms in total. The van der Waals surface area contributed by atoms with Crippen molar-refractivity contribution < 1.29 is 31.5 Å². The van der Waals surface area contributed by atoms with Crippen molar-refractivity contribution in [2.75, 3.05) is 44.3 Å². The molecule has 1 aliphatic heterocycles. The molecule has 0 radical (unpaired) electrons. The maximum Gasteiger partial charge on any atom is 0.416 e. The Bertz CT molecular complexity index is 1120. The molecule has 4 rings (SSSR count). The smallest absolute Gasteiger partial charge is 0.379 e. The number of halogens is 6. The summed E-state index contributed by atoms with van der Waals surface area (Å²) in [4.78, 5) is 20.8. The first-order chi connectivity index (χ1) is 15.2. The lowest BCUT2D eigenvalue weighted by atomic mass is 10.1. The maximum atomic E-state index is 14.2. The second kappa shape index (κ2) is 10.3. The minimum Gasteiger partial charge on any atom is -0.379 e. The van der Waals surface area contributed by atoms with Gasteiger partial charge in [0.1, 0.15) is 11.3 Å². The molecule has 1 amide bonds. The van der Waals surface area contributed by atoms with Gasteiger partial charge in [-0.2, -0.15) is 13.2 Å². The molecule has 0 bridgehead atoms. The van der Waals surface area contributed by atoms with Crippen LogP contribution in [0.3, 0.4) is 0 Å². The van der Waals surface area contributed by atoms with Crippen LogP contribution >= 0.6 is 23.7 Å². The van der Waals surface area contributed by atoms with Crippen molar-refractivity contribution in [3.8, 4) is 0 Å². The molecule has 2 aromatic carbocycles. The molecule has 0 N–H and O–H groups in total. The molecule has 1 fully saturated rings. The maximum absolute atomic E-state index is 14.2. The number of hydrogen-bond acceptors (Lipinski definition) is 5. The van der Waals surface area contributed by atoms with Crippen LogP contribution in [0.1, 0.15) is 15.9 Å². The van der Waals surface area contributed by atoms with Gasteiger partial charge in [0.15, 0.2) is 10.9 Å². The summed E-state index contributed by atoms with van der Waals surface area (Å²) in [5.41, 5.74) is -0.902. The van der Waals surface area contributed by atoms with Gasteiger partial charge in [0.25, 0.3) is 5.91 Å². The van der Waals surface area contributed by atoms with Crippen molar-refractivity contribution in [3.63, 3.8) is 0 Å². The van der Waals surface area contributed by atoms with Crippen LogP contribution < -0.4 is 4.90 Å². The Hall–Kier alpha value is -2.34. The number of amides is 1. The van der Waals surface area contributed by atoms with E-state index in [9.17, 15) is 26.7 Å². The van der Waals surface area contributed by atoms with Crippen molar-refractivity contribution >= 4 is 45.0 Å². The lowest BCUT2D eigenvalue weighted by Crippen LogP contribution is -2.43. The molecule has 33 heavy (non-hydrogen) atoms. The fraction of sp³-hybridized carbons (Fsp3) is 0.333. The normalized spacial score (nSPS) is 14.8. The number of morpholine rings is 1. The summed E-state index contributed by atoms with van der Waals surface area (Å²) < 4.78 is 71.9. The Kier molecular flexibility index (Phi) is 7.88. The number of anilines is 1. The van der Waals surface area contributed by atoms with Gasteiger partial charge in [-0.25, -0.2) is 13.8 Å². The second-order valence-electron chi connectivity index (χ2n) is 7.22. The van der Waals surface area contributed by atoms with E-state index in [-0.39, 0.29) is 39.9 Å². The predicted molar refractivity (Wildman–Crippen MR) is 117 cm³/mol. The van der Waals surface area contributed by atoms with E-state index in [2.05, 4.69) is 9.88 Å². The van der Waals surface area contributed by atoms with Crippen molar-refractivity contribution in [1.29, 1.82) is 0 Å². The van der Waals surface area contributed by atoms with Crippen LogP contribution in [0.4, 0.5) is 27.1 Å². The van der Waals surface area contributed by atoms with E-state index in [1.54, 1.807) is 0 Å². The molecule has 1 aromatic heterocycles. The number of ether oxygens (including phenoxy) is 1. The highest BCUT2D eigenvalue weighted by molar-refractivity contribution is 7.22. The number of carbonyl (C=O) groups is 1. The lowest BCUT2D eigenvalue weighted by molar-refractivity contribution is -0.137. The number of aromatic nitrogens is 1. The average molecular weight is 508 g/mol. The van der Waals surface area contributed by atoms with Gasteiger partial charge in [0.05, 0.1) is 23.5 Å². The molecule has 0 aliphatic carbocycles. The Morgan fingerprint density at radius 1 is 1.12 bits per heavy atom. The number of carbonyl (C=O) groups excluding carboxylic acids is 1. The van der Waals surface area contributed by atoms with E-state index < -0.39 is 29.3 Å². The van der Waals surface area contributed by atoms with Crippen molar-refractivity contribution in [2.45, 2.75) is 6.18 Å². The van der Waals surface area contributed by atoms with E-state index in [4.69, 9.17) is 4.74 Å². The minimum absolute atomic E-state index is 0. The topological polar surface area (TPSA) is 45.7 Å². The lowest BCUT2D eigenvalue weighted by Gasteiger charge is -2.29. The van der Waals surface area contributed by atoms with Crippen LogP contribution in [-0.2, 0) is 10.9 Å². The predicted octanol–water partition coefficient (Wildman–Crippen LogP) is 4.99. The largest absolute Gasteiger partial charge is 0.416 e. The van der Waals surface area contributed by atoms with Gasteiger partial charge < -0.3 is 4.74 Å². The van der Waals surface area contributed by atoms with Crippen molar-refractivity contribution in [3.05, 3.63) is 59.2 Å². The zero-order valence-corrected chi connectivity index (χ0v) is 18.7. The standard InChI is InChI=1S/C21H18F5N3O2S.ClH/c22-15-11-16(23)18-17(12-15)32-20(27-18)29(6-5-28-7-9-31-10-8-28)19(30)13-1-3-14(4-2-13)21(24,25)26;/h1-4,11-12H,5-10H2;1H. The molecule has 0 spiro atoms. The zero-order chi connectivity index (χ0) is 22.9. The first-order valence-corrected chi connectivity index (χ1v) is 10.6. The third-order valence-corrected chi connectivity index (χ3v) is 6.11. The van der Waals surface area contributed by atoms with Crippen LogP contribution in [0.15, 0.2) is 36.4 Å². The van der Waals surface area contributed by atoms with Crippen LogP contribution in [0.25, 0.3) is 10.2 Å². The molecule has 1 aliphatic rings. The summed E-state index contributed by atoms with van der Waals surface area (Å²) >= 11 is 0.941. The molecule has 12 heteroatoms. The van der Waals surface area contributed by atoms with Gasteiger partial charge in [-0.3, -0.25) is 14.6 Å². The molecule has 178 valence electrons. The van der Waals surface area contributed by atoms with Crippen molar-refractivity contribution in [1.82, 2.24) is 9.88 Å². The number of fused-ring (bicyclic) bond motifs is 1. The molecular formula is C21H19ClF5N3O2S. The molecule has 0 atom stereocenters. The van der Waals surface area contributed by atoms with E-state index in [0.29, 0.717) is 38.9 Å². The molecule has 0 saturated carbocycles. The molecule has 1 saturated heterocycles. The van der Waals surface area contributed by atoms with Crippen LogP contribution in [0.2, 0.25) is 0 Å². The summed E-state index contributed by atoms with van der Waals surface area (Å²) in [6.07, 6.45) is -4.52. The fourth-order valence-corrected chi connectivity index (χ4v) is 4.40. The second-order valence-corrected chi connectivity index (χ2v) is 8.23. The van der Waals surface area contributed by atoms with Crippen LogP contribution in [0.5, 0.6) is 0 Å². The highest BCUT2D eigenvalue weighted by Gasteiger charge is 2.31. The molecule has 0 unspecified atom stereocenters. The third-order valence-electron chi connectivity index (χ3n) is 5.08.